The second kappa shape index (κ2) is 7.22. The molecule has 4 heteroatoms. The van der Waals surface area contributed by atoms with Gasteiger partial charge in [0.05, 0.1) is 0 Å². The molecule has 4 nitrogen and oxygen atoms in total. The quantitative estimate of drug-likeness (QED) is 0.853. The van der Waals surface area contributed by atoms with Crippen LogP contribution in [0, 0.1) is 0 Å². The summed E-state index contributed by atoms with van der Waals surface area (Å²) in [5.74, 6) is 1.36. The second-order valence-corrected chi connectivity index (χ2v) is 4.21. The van der Waals surface area contributed by atoms with Gasteiger partial charge in [-0.25, -0.2) is 9.97 Å². The van der Waals surface area contributed by atoms with Crippen LogP contribution in [0.15, 0.2) is 12.4 Å². The molecule has 2 heterocycles. The van der Waals surface area contributed by atoms with Crippen molar-refractivity contribution < 1.29 is 0 Å². The molecule has 0 aliphatic carbocycles. The van der Waals surface area contributed by atoms with Crippen LogP contribution >= 0.6 is 0 Å². The molecule has 0 spiro atoms. The van der Waals surface area contributed by atoms with E-state index in [9.17, 15) is 0 Å². The summed E-state index contributed by atoms with van der Waals surface area (Å²) in [6, 6.07) is 0. The highest BCUT2D eigenvalue weighted by molar-refractivity contribution is 5.31. The Hall–Kier alpha value is -1.16. The molecule has 0 amide bonds. The summed E-state index contributed by atoms with van der Waals surface area (Å²) in [6.07, 6.45) is 3.88. The average molecular weight is 236 g/mol. The molecule has 1 aromatic heterocycles. The molecule has 0 bridgehead atoms. The highest BCUT2D eigenvalue weighted by Crippen LogP contribution is 2.14. The van der Waals surface area contributed by atoms with E-state index in [1.54, 1.807) is 0 Å². The van der Waals surface area contributed by atoms with E-state index in [1.165, 1.54) is 5.56 Å². The van der Waals surface area contributed by atoms with Crippen molar-refractivity contribution in [1.29, 1.82) is 0 Å². The minimum Gasteiger partial charge on any atom is -0.338 e. The SMILES string of the molecule is CC.CC(C)c1cnc(N2CCNCC2)nc1. The zero-order valence-electron chi connectivity index (χ0n) is 11.4. The van der Waals surface area contributed by atoms with Crippen LogP contribution < -0.4 is 10.2 Å². The fourth-order valence-electron chi connectivity index (χ4n) is 1.66. The van der Waals surface area contributed by atoms with E-state index >= 15 is 0 Å². The number of hydrogen-bond acceptors (Lipinski definition) is 4. The van der Waals surface area contributed by atoms with Crippen LogP contribution in [0.5, 0.6) is 0 Å². The normalized spacial score (nSPS) is 15.5. The molecule has 0 aromatic carbocycles. The Morgan fingerprint density at radius 1 is 1.12 bits per heavy atom. The van der Waals surface area contributed by atoms with Crippen molar-refractivity contribution >= 4 is 5.95 Å². The topological polar surface area (TPSA) is 41.1 Å². The smallest absolute Gasteiger partial charge is 0.225 e. The van der Waals surface area contributed by atoms with Gasteiger partial charge in [0, 0.05) is 38.6 Å². The summed E-state index contributed by atoms with van der Waals surface area (Å²) in [5, 5.41) is 3.32. The summed E-state index contributed by atoms with van der Waals surface area (Å²) in [7, 11) is 0. The lowest BCUT2D eigenvalue weighted by Gasteiger charge is -2.27. The molecule has 2 rings (SSSR count). The molecule has 96 valence electrons. The van der Waals surface area contributed by atoms with Gasteiger partial charge in [-0.15, -0.1) is 0 Å². The average Bonchev–Trinajstić information content (AvgIpc) is 2.42. The monoisotopic (exact) mass is 236 g/mol. The van der Waals surface area contributed by atoms with Gasteiger partial charge in [-0.3, -0.25) is 0 Å². The molecule has 0 unspecified atom stereocenters. The predicted molar refractivity (Wildman–Crippen MR) is 72.6 cm³/mol. The Balaban J connectivity index is 0.000000686. The molecular weight excluding hydrogens is 212 g/mol. The Bertz CT molecular complexity index is 302. The summed E-state index contributed by atoms with van der Waals surface area (Å²) in [5.41, 5.74) is 1.20. The van der Waals surface area contributed by atoms with E-state index in [4.69, 9.17) is 0 Å². The third-order valence-electron chi connectivity index (χ3n) is 2.72. The third-order valence-corrected chi connectivity index (χ3v) is 2.72. The Morgan fingerprint density at radius 2 is 1.65 bits per heavy atom. The minimum absolute atomic E-state index is 0.502. The van der Waals surface area contributed by atoms with Crippen LogP contribution in [0.25, 0.3) is 0 Å². The third kappa shape index (κ3) is 3.97. The molecule has 1 aromatic rings. The van der Waals surface area contributed by atoms with Gasteiger partial charge in [0.1, 0.15) is 0 Å². The highest BCUT2D eigenvalue weighted by atomic mass is 15.3. The fourth-order valence-corrected chi connectivity index (χ4v) is 1.66. The summed E-state index contributed by atoms with van der Waals surface area (Å²) >= 11 is 0. The van der Waals surface area contributed by atoms with Crippen molar-refractivity contribution in [1.82, 2.24) is 15.3 Å². The van der Waals surface area contributed by atoms with Crippen molar-refractivity contribution in [2.45, 2.75) is 33.6 Å². The fraction of sp³-hybridized carbons (Fsp3) is 0.692. The number of nitrogens with zero attached hydrogens (tertiary/aromatic N) is 3. The minimum atomic E-state index is 0.502. The van der Waals surface area contributed by atoms with Gasteiger partial charge in [0.25, 0.3) is 0 Å². The molecule has 1 aliphatic rings. The van der Waals surface area contributed by atoms with Crippen LogP contribution in [0.2, 0.25) is 0 Å². The van der Waals surface area contributed by atoms with Crippen molar-refractivity contribution in [2.24, 2.45) is 0 Å². The zero-order valence-corrected chi connectivity index (χ0v) is 11.4. The first-order valence-electron chi connectivity index (χ1n) is 6.55. The lowest BCUT2D eigenvalue weighted by molar-refractivity contribution is 0.579. The molecule has 1 fully saturated rings. The maximum atomic E-state index is 4.41. The molecule has 0 atom stereocenters. The van der Waals surface area contributed by atoms with Crippen molar-refractivity contribution in [3.63, 3.8) is 0 Å². The van der Waals surface area contributed by atoms with E-state index in [1.807, 2.05) is 26.2 Å². The van der Waals surface area contributed by atoms with E-state index in [-0.39, 0.29) is 0 Å². The standard InChI is InChI=1S/C11H18N4.C2H6/c1-9(2)10-7-13-11(14-8-10)15-5-3-12-4-6-15;1-2/h7-9,12H,3-6H2,1-2H3;1-2H3. The molecule has 1 aliphatic heterocycles. The van der Waals surface area contributed by atoms with Crippen LogP contribution in [0.3, 0.4) is 0 Å². The van der Waals surface area contributed by atoms with Crippen LogP contribution in [-0.2, 0) is 0 Å². The van der Waals surface area contributed by atoms with Gasteiger partial charge in [-0.2, -0.15) is 0 Å². The van der Waals surface area contributed by atoms with Gasteiger partial charge in [-0.1, -0.05) is 27.7 Å². The Morgan fingerprint density at radius 3 is 2.12 bits per heavy atom. The predicted octanol–water partition coefficient (Wildman–Crippen LogP) is 2.04. The molecule has 1 saturated heterocycles. The molecule has 17 heavy (non-hydrogen) atoms. The van der Waals surface area contributed by atoms with E-state index in [0.29, 0.717) is 5.92 Å². The van der Waals surface area contributed by atoms with Crippen LogP contribution in [0.4, 0.5) is 5.95 Å². The molecular formula is C13H24N4. The molecule has 1 N–H and O–H groups in total. The first kappa shape index (κ1) is 13.9. The van der Waals surface area contributed by atoms with E-state index < -0.39 is 0 Å². The number of hydrogen-bond donors (Lipinski definition) is 1. The lowest BCUT2D eigenvalue weighted by Crippen LogP contribution is -2.44. The summed E-state index contributed by atoms with van der Waals surface area (Å²) in [6.45, 7) is 12.4. The van der Waals surface area contributed by atoms with Crippen molar-refractivity contribution in [3.8, 4) is 0 Å². The number of piperazine rings is 1. The second-order valence-electron chi connectivity index (χ2n) is 4.21. The maximum absolute atomic E-state index is 4.41. The number of aromatic nitrogens is 2. The summed E-state index contributed by atoms with van der Waals surface area (Å²) in [4.78, 5) is 11.0. The molecule has 0 saturated carbocycles. The molecule has 0 radical (unpaired) electrons. The van der Waals surface area contributed by atoms with Crippen molar-refractivity contribution in [3.05, 3.63) is 18.0 Å². The summed E-state index contributed by atoms with van der Waals surface area (Å²) < 4.78 is 0. The number of anilines is 1. The van der Waals surface area contributed by atoms with Crippen molar-refractivity contribution in [2.75, 3.05) is 31.1 Å². The Labute approximate surface area is 104 Å². The van der Waals surface area contributed by atoms with Gasteiger partial charge in [-0.05, 0) is 11.5 Å². The maximum Gasteiger partial charge on any atom is 0.225 e. The first-order valence-corrected chi connectivity index (χ1v) is 6.55. The van der Waals surface area contributed by atoms with Gasteiger partial charge < -0.3 is 10.2 Å². The van der Waals surface area contributed by atoms with E-state index in [2.05, 4.69) is 34.0 Å². The van der Waals surface area contributed by atoms with Crippen LogP contribution in [0.1, 0.15) is 39.2 Å². The largest absolute Gasteiger partial charge is 0.338 e. The lowest BCUT2D eigenvalue weighted by atomic mass is 10.1. The number of nitrogens with one attached hydrogen (secondary N) is 1. The number of rotatable bonds is 2. The van der Waals surface area contributed by atoms with Crippen LogP contribution in [-0.4, -0.2) is 36.1 Å². The van der Waals surface area contributed by atoms with Gasteiger partial charge >= 0.3 is 0 Å². The van der Waals surface area contributed by atoms with E-state index in [0.717, 1.165) is 32.1 Å². The highest BCUT2D eigenvalue weighted by Gasteiger charge is 2.12. The Kier molecular flexibility index (Phi) is 5.91. The zero-order chi connectivity index (χ0) is 12.7. The van der Waals surface area contributed by atoms with Gasteiger partial charge in [0.15, 0.2) is 0 Å². The van der Waals surface area contributed by atoms with Gasteiger partial charge in [0.2, 0.25) is 5.95 Å². The first-order chi connectivity index (χ1) is 8.27.